The van der Waals surface area contributed by atoms with Crippen molar-refractivity contribution in [1.82, 2.24) is 0 Å². The normalized spacial score (nSPS) is 10.6. The molecule has 1 rings (SSSR count). The fourth-order valence-corrected chi connectivity index (χ4v) is 1.15. The fraction of sp³-hybridized carbons (Fsp3) is 0.182. The topological polar surface area (TPSA) is 26.3 Å². The summed E-state index contributed by atoms with van der Waals surface area (Å²) in [7, 11) is 0. The SMILES string of the molecule is CC(=O)c1cc(F)ccc1OCC=CCl. The maximum absolute atomic E-state index is 12.9. The molecule has 0 atom stereocenters. The maximum atomic E-state index is 12.9. The van der Waals surface area contributed by atoms with Crippen LogP contribution in [0.15, 0.2) is 29.8 Å². The number of carbonyl (C=O) groups is 1. The van der Waals surface area contributed by atoms with Crippen LogP contribution in [0.1, 0.15) is 17.3 Å². The predicted molar refractivity (Wildman–Crippen MR) is 56.9 cm³/mol. The van der Waals surface area contributed by atoms with Crippen molar-refractivity contribution >= 4 is 17.4 Å². The van der Waals surface area contributed by atoms with Crippen molar-refractivity contribution in [1.29, 1.82) is 0 Å². The summed E-state index contributed by atoms with van der Waals surface area (Å²) in [6, 6.07) is 3.82. The second-order valence-electron chi connectivity index (χ2n) is 2.87. The molecule has 0 aliphatic rings. The van der Waals surface area contributed by atoms with Gasteiger partial charge >= 0.3 is 0 Å². The summed E-state index contributed by atoms with van der Waals surface area (Å²) in [5.74, 6) is -0.335. The summed E-state index contributed by atoms with van der Waals surface area (Å²) in [6.45, 7) is 1.61. The summed E-state index contributed by atoms with van der Waals surface area (Å²) >= 11 is 5.31. The molecule has 15 heavy (non-hydrogen) atoms. The Morgan fingerprint density at radius 3 is 2.93 bits per heavy atom. The van der Waals surface area contributed by atoms with Gasteiger partial charge in [0.2, 0.25) is 0 Å². The second kappa shape index (κ2) is 5.51. The summed E-state index contributed by atoms with van der Waals surface area (Å²) in [5, 5.41) is 0. The van der Waals surface area contributed by atoms with Gasteiger partial charge in [0.15, 0.2) is 5.78 Å². The molecule has 4 heteroatoms. The molecular formula is C11H10ClFO2. The maximum Gasteiger partial charge on any atom is 0.163 e. The first-order chi connectivity index (χ1) is 7.15. The predicted octanol–water partition coefficient (Wildman–Crippen LogP) is 3.16. The Morgan fingerprint density at radius 1 is 1.60 bits per heavy atom. The molecule has 0 heterocycles. The van der Waals surface area contributed by atoms with Gasteiger partial charge in [-0.15, -0.1) is 0 Å². The molecule has 2 nitrogen and oxygen atoms in total. The first-order valence-corrected chi connectivity index (χ1v) is 4.77. The van der Waals surface area contributed by atoms with Crippen LogP contribution < -0.4 is 4.74 Å². The van der Waals surface area contributed by atoms with Crippen LogP contribution in [-0.2, 0) is 0 Å². The van der Waals surface area contributed by atoms with Crippen molar-refractivity contribution in [2.75, 3.05) is 6.61 Å². The Kier molecular flexibility index (Phi) is 4.31. The van der Waals surface area contributed by atoms with E-state index in [4.69, 9.17) is 16.3 Å². The van der Waals surface area contributed by atoms with Crippen LogP contribution in [0.2, 0.25) is 0 Å². The first kappa shape index (κ1) is 11.7. The Hall–Kier alpha value is -1.35. The van der Waals surface area contributed by atoms with Crippen LogP contribution in [-0.4, -0.2) is 12.4 Å². The van der Waals surface area contributed by atoms with Crippen LogP contribution in [0, 0.1) is 5.82 Å². The minimum atomic E-state index is -0.458. The Balaban J connectivity index is 2.90. The van der Waals surface area contributed by atoms with Crippen molar-refractivity contribution in [3.8, 4) is 5.75 Å². The van der Waals surface area contributed by atoms with Gasteiger partial charge < -0.3 is 4.74 Å². The zero-order chi connectivity index (χ0) is 11.3. The molecule has 0 saturated carbocycles. The number of halogens is 2. The van der Waals surface area contributed by atoms with Gasteiger partial charge in [0.1, 0.15) is 18.2 Å². The molecule has 0 fully saturated rings. The number of benzene rings is 1. The van der Waals surface area contributed by atoms with E-state index in [1.807, 2.05) is 0 Å². The third kappa shape index (κ3) is 3.36. The van der Waals surface area contributed by atoms with Crippen molar-refractivity contribution < 1.29 is 13.9 Å². The highest BCUT2D eigenvalue weighted by molar-refractivity contribution is 6.25. The van der Waals surface area contributed by atoms with E-state index in [0.29, 0.717) is 5.75 Å². The fourth-order valence-electron chi connectivity index (χ4n) is 1.08. The molecule has 0 N–H and O–H groups in total. The highest BCUT2D eigenvalue weighted by Crippen LogP contribution is 2.20. The van der Waals surface area contributed by atoms with E-state index in [1.165, 1.54) is 24.6 Å². The molecule has 0 amide bonds. The van der Waals surface area contributed by atoms with Crippen LogP contribution in [0.4, 0.5) is 4.39 Å². The van der Waals surface area contributed by atoms with Crippen LogP contribution in [0.25, 0.3) is 0 Å². The van der Waals surface area contributed by atoms with Crippen molar-refractivity contribution in [2.24, 2.45) is 0 Å². The van der Waals surface area contributed by atoms with E-state index in [9.17, 15) is 9.18 Å². The molecule has 0 bridgehead atoms. The quantitative estimate of drug-likeness (QED) is 0.740. The van der Waals surface area contributed by atoms with Gasteiger partial charge in [0.25, 0.3) is 0 Å². The summed E-state index contributed by atoms with van der Waals surface area (Å²) < 4.78 is 18.1. The third-order valence-electron chi connectivity index (χ3n) is 1.75. The van der Waals surface area contributed by atoms with Gasteiger partial charge in [0.05, 0.1) is 5.56 Å². The summed E-state index contributed by atoms with van der Waals surface area (Å²) in [4.78, 5) is 11.2. The van der Waals surface area contributed by atoms with Crippen LogP contribution >= 0.6 is 11.6 Å². The third-order valence-corrected chi connectivity index (χ3v) is 1.92. The van der Waals surface area contributed by atoms with Gasteiger partial charge in [-0.2, -0.15) is 0 Å². The van der Waals surface area contributed by atoms with Gasteiger partial charge in [-0.3, -0.25) is 4.79 Å². The first-order valence-electron chi connectivity index (χ1n) is 4.33. The van der Waals surface area contributed by atoms with Crippen molar-refractivity contribution in [3.63, 3.8) is 0 Å². The van der Waals surface area contributed by atoms with Crippen LogP contribution in [0.3, 0.4) is 0 Å². The number of ether oxygens (including phenoxy) is 1. The number of rotatable bonds is 4. The minimum absolute atomic E-state index is 0.234. The average Bonchev–Trinajstić information content (AvgIpc) is 2.20. The molecule has 1 aromatic carbocycles. The van der Waals surface area contributed by atoms with Crippen LogP contribution in [0.5, 0.6) is 5.75 Å². The van der Waals surface area contributed by atoms with Gasteiger partial charge in [-0.1, -0.05) is 11.6 Å². The monoisotopic (exact) mass is 228 g/mol. The number of hydrogen-bond acceptors (Lipinski definition) is 2. The molecule has 0 aromatic heterocycles. The molecule has 0 aliphatic carbocycles. The van der Waals surface area contributed by atoms with E-state index >= 15 is 0 Å². The number of hydrogen-bond donors (Lipinski definition) is 0. The lowest BCUT2D eigenvalue weighted by atomic mass is 10.1. The lowest BCUT2D eigenvalue weighted by molar-refractivity contribution is 0.101. The molecule has 1 aromatic rings. The molecule has 0 unspecified atom stereocenters. The molecule has 0 aliphatic heterocycles. The van der Waals surface area contributed by atoms with E-state index in [2.05, 4.69) is 0 Å². The molecule has 0 radical (unpaired) electrons. The van der Waals surface area contributed by atoms with E-state index in [-0.39, 0.29) is 18.0 Å². The zero-order valence-corrected chi connectivity index (χ0v) is 8.92. The summed E-state index contributed by atoms with van der Waals surface area (Å²) in [6.07, 6.45) is 1.58. The molecule has 80 valence electrons. The molecule has 0 saturated heterocycles. The largest absolute Gasteiger partial charge is 0.489 e. The van der Waals surface area contributed by atoms with E-state index < -0.39 is 5.82 Å². The smallest absolute Gasteiger partial charge is 0.163 e. The van der Waals surface area contributed by atoms with E-state index in [1.54, 1.807) is 6.08 Å². The average molecular weight is 229 g/mol. The highest BCUT2D eigenvalue weighted by Gasteiger charge is 2.09. The Morgan fingerprint density at radius 2 is 2.33 bits per heavy atom. The summed E-state index contributed by atoms with van der Waals surface area (Å²) in [5.41, 5.74) is 1.55. The Bertz CT molecular complexity index is 388. The van der Waals surface area contributed by atoms with Gasteiger partial charge in [-0.05, 0) is 31.2 Å². The second-order valence-corrected chi connectivity index (χ2v) is 3.12. The lowest BCUT2D eigenvalue weighted by Crippen LogP contribution is -2.01. The highest BCUT2D eigenvalue weighted by atomic mass is 35.5. The number of ketones is 1. The van der Waals surface area contributed by atoms with E-state index in [0.717, 1.165) is 6.07 Å². The van der Waals surface area contributed by atoms with Gasteiger partial charge in [0, 0.05) is 5.54 Å². The minimum Gasteiger partial charge on any atom is -0.489 e. The Labute approximate surface area is 92.3 Å². The number of carbonyl (C=O) groups excluding carboxylic acids is 1. The molecular weight excluding hydrogens is 219 g/mol. The van der Waals surface area contributed by atoms with Crippen molar-refractivity contribution in [2.45, 2.75) is 6.92 Å². The molecule has 0 spiro atoms. The standard InChI is InChI=1S/C11H10ClFO2/c1-8(14)10-7-9(13)3-4-11(10)15-6-2-5-12/h2-5,7H,6H2,1H3. The van der Waals surface area contributed by atoms with Gasteiger partial charge in [-0.25, -0.2) is 4.39 Å². The number of Topliss-reactive ketones (excluding diaryl/α,β-unsaturated/α-hetero) is 1. The lowest BCUT2D eigenvalue weighted by Gasteiger charge is -2.07. The van der Waals surface area contributed by atoms with Crippen molar-refractivity contribution in [3.05, 3.63) is 41.2 Å². The zero-order valence-electron chi connectivity index (χ0n) is 8.17.